The zero-order valence-electron chi connectivity index (χ0n) is 8.71. The molecule has 1 unspecified atom stereocenters. The van der Waals surface area contributed by atoms with E-state index in [9.17, 15) is 13.2 Å². The van der Waals surface area contributed by atoms with Crippen LogP contribution in [0.4, 0.5) is 18.9 Å². The van der Waals surface area contributed by atoms with E-state index in [-0.39, 0.29) is 17.5 Å². The van der Waals surface area contributed by atoms with Crippen LogP contribution in [0.2, 0.25) is 0 Å². The molecule has 0 bridgehead atoms. The number of rotatable bonds is 4. The summed E-state index contributed by atoms with van der Waals surface area (Å²) in [4.78, 5) is 0. The SMILES string of the molecule is CC(CN)Nc1ccccc1OC(F)(F)F. The molecule has 0 saturated heterocycles. The van der Waals surface area contributed by atoms with Gasteiger partial charge in [-0.15, -0.1) is 13.2 Å². The van der Waals surface area contributed by atoms with E-state index in [4.69, 9.17) is 5.73 Å². The average Bonchev–Trinajstić information content (AvgIpc) is 2.18. The zero-order valence-corrected chi connectivity index (χ0v) is 8.71. The van der Waals surface area contributed by atoms with Crippen molar-refractivity contribution in [1.29, 1.82) is 0 Å². The molecule has 3 nitrogen and oxygen atoms in total. The molecule has 90 valence electrons. The second-order valence-corrected chi connectivity index (χ2v) is 3.33. The normalized spacial score (nSPS) is 13.3. The molecule has 1 aromatic rings. The van der Waals surface area contributed by atoms with Gasteiger partial charge in [-0.3, -0.25) is 0 Å². The second-order valence-electron chi connectivity index (χ2n) is 3.33. The summed E-state index contributed by atoms with van der Waals surface area (Å²) in [7, 11) is 0. The highest BCUT2D eigenvalue weighted by molar-refractivity contribution is 5.56. The molecule has 1 aromatic carbocycles. The van der Waals surface area contributed by atoms with Crippen LogP contribution in [-0.4, -0.2) is 18.9 Å². The van der Waals surface area contributed by atoms with Crippen molar-refractivity contribution in [3.63, 3.8) is 0 Å². The molecule has 0 aliphatic heterocycles. The van der Waals surface area contributed by atoms with Crippen LogP contribution < -0.4 is 15.8 Å². The van der Waals surface area contributed by atoms with Crippen molar-refractivity contribution < 1.29 is 17.9 Å². The molecule has 6 heteroatoms. The lowest BCUT2D eigenvalue weighted by Gasteiger charge is -2.17. The summed E-state index contributed by atoms with van der Waals surface area (Å²) in [6.07, 6.45) is -4.69. The molecule has 0 aliphatic carbocycles. The number of ether oxygens (including phenoxy) is 1. The van der Waals surface area contributed by atoms with Crippen LogP contribution in [0.15, 0.2) is 24.3 Å². The summed E-state index contributed by atoms with van der Waals surface area (Å²) < 4.78 is 40.1. The van der Waals surface area contributed by atoms with Gasteiger partial charge < -0.3 is 15.8 Å². The summed E-state index contributed by atoms with van der Waals surface area (Å²) in [5, 5.41) is 2.83. The summed E-state index contributed by atoms with van der Waals surface area (Å²) in [6, 6.07) is 5.72. The van der Waals surface area contributed by atoms with Crippen LogP contribution in [0.1, 0.15) is 6.92 Å². The van der Waals surface area contributed by atoms with E-state index in [1.54, 1.807) is 13.0 Å². The van der Waals surface area contributed by atoms with Gasteiger partial charge in [0.05, 0.1) is 5.69 Å². The molecule has 1 atom stereocenters. The predicted molar refractivity (Wildman–Crippen MR) is 55.3 cm³/mol. The molecule has 0 radical (unpaired) electrons. The fraction of sp³-hybridized carbons (Fsp3) is 0.400. The van der Waals surface area contributed by atoms with E-state index in [1.165, 1.54) is 18.2 Å². The fourth-order valence-electron chi connectivity index (χ4n) is 1.12. The van der Waals surface area contributed by atoms with Crippen LogP contribution in [0, 0.1) is 0 Å². The van der Waals surface area contributed by atoms with Gasteiger partial charge in [-0.2, -0.15) is 0 Å². The summed E-state index contributed by atoms with van der Waals surface area (Å²) in [5.41, 5.74) is 5.65. The van der Waals surface area contributed by atoms with Crippen molar-refractivity contribution in [1.82, 2.24) is 0 Å². The van der Waals surface area contributed by atoms with Crippen molar-refractivity contribution in [2.75, 3.05) is 11.9 Å². The number of hydrogen-bond donors (Lipinski definition) is 2. The Labute approximate surface area is 91.4 Å². The highest BCUT2D eigenvalue weighted by atomic mass is 19.4. The Bertz CT molecular complexity index is 341. The zero-order chi connectivity index (χ0) is 12.2. The van der Waals surface area contributed by atoms with Crippen LogP contribution in [0.3, 0.4) is 0 Å². The molecule has 0 saturated carbocycles. The number of para-hydroxylation sites is 2. The maximum atomic E-state index is 12.1. The maximum Gasteiger partial charge on any atom is 0.573 e. The van der Waals surface area contributed by atoms with Gasteiger partial charge in [0.25, 0.3) is 0 Å². The number of alkyl halides is 3. The number of halogens is 3. The number of anilines is 1. The molecule has 0 aromatic heterocycles. The topological polar surface area (TPSA) is 47.3 Å². The summed E-state index contributed by atoms with van der Waals surface area (Å²) in [5.74, 6) is -0.254. The molecule has 16 heavy (non-hydrogen) atoms. The van der Waals surface area contributed by atoms with Gasteiger partial charge in [0.15, 0.2) is 5.75 Å². The molecule has 0 fully saturated rings. The van der Waals surface area contributed by atoms with Gasteiger partial charge in [-0.05, 0) is 19.1 Å². The Morgan fingerprint density at radius 3 is 2.56 bits per heavy atom. The Balaban J connectivity index is 2.83. The first-order chi connectivity index (χ1) is 7.42. The number of nitrogens with one attached hydrogen (secondary N) is 1. The van der Waals surface area contributed by atoms with Crippen LogP contribution in [0.25, 0.3) is 0 Å². The number of benzene rings is 1. The second kappa shape index (κ2) is 5.07. The van der Waals surface area contributed by atoms with E-state index in [2.05, 4.69) is 10.1 Å². The lowest BCUT2D eigenvalue weighted by atomic mass is 10.2. The van der Waals surface area contributed by atoms with Crippen molar-refractivity contribution >= 4 is 5.69 Å². The molecular formula is C10H13F3N2O. The van der Waals surface area contributed by atoms with Crippen LogP contribution in [0.5, 0.6) is 5.75 Å². The Kier molecular flexibility index (Phi) is 4.00. The lowest BCUT2D eigenvalue weighted by Crippen LogP contribution is -2.26. The first-order valence-electron chi connectivity index (χ1n) is 4.74. The first-order valence-corrected chi connectivity index (χ1v) is 4.74. The van der Waals surface area contributed by atoms with Gasteiger partial charge in [0.2, 0.25) is 0 Å². The third kappa shape index (κ3) is 3.98. The predicted octanol–water partition coefficient (Wildman–Crippen LogP) is 2.34. The quantitative estimate of drug-likeness (QED) is 0.840. The molecular weight excluding hydrogens is 221 g/mol. The Morgan fingerprint density at radius 1 is 1.38 bits per heavy atom. The van der Waals surface area contributed by atoms with Crippen molar-refractivity contribution in [3.05, 3.63) is 24.3 Å². The van der Waals surface area contributed by atoms with Gasteiger partial charge in [-0.25, -0.2) is 0 Å². The van der Waals surface area contributed by atoms with E-state index in [0.29, 0.717) is 6.54 Å². The van der Waals surface area contributed by atoms with E-state index >= 15 is 0 Å². The minimum atomic E-state index is -4.69. The standard InChI is InChI=1S/C10H13F3N2O/c1-7(6-14)15-8-4-2-3-5-9(8)16-10(11,12)13/h2-5,7,15H,6,14H2,1H3. The van der Waals surface area contributed by atoms with E-state index in [1.807, 2.05) is 0 Å². The van der Waals surface area contributed by atoms with Crippen LogP contribution >= 0.6 is 0 Å². The third-order valence-electron chi connectivity index (χ3n) is 1.87. The van der Waals surface area contributed by atoms with E-state index in [0.717, 1.165) is 0 Å². The van der Waals surface area contributed by atoms with Gasteiger partial charge in [0, 0.05) is 12.6 Å². The minimum Gasteiger partial charge on any atom is -0.404 e. The van der Waals surface area contributed by atoms with Gasteiger partial charge in [0.1, 0.15) is 0 Å². The van der Waals surface area contributed by atoms with Gasteiger partial charge in [-0.1, -0.05) is 12.1 Å². The van der Waals surface area contributed by atoms with Crippen molar-refractivity contribution in [2.24, 2.45) is 5.73 Å². The minimum absolute atomic E-state index is 0.127. The molecule has 0 aliphatic rings. The molecule has 3 N–H and O–H groups in total. The molecule has 0 spiro atoms. The monoisotopic (exact) mass is 234 g/mol. The summed E-state index contributed by atoms with van der Waals surface area (Å²) in [6.45, 7) is 2.09. The molecule has 0 heterocycles. The Morgan fingerprint density at radius 2 is 2.00 bits per heavy atom. The lowest BCUT2D eigenvalue weighted by molar-refractivity contribution is -0.274. The van der Waals surface area contributed by atoms with E-state index < -0.39 is 6.36 Å². The summed E-state index contributed by atoms with van der Waals surface area (Å²) >= 11 is 0. The average molecular weight is 234 g/mol. The first kappa shape index (κ1) is 12.6. The fourth-order valence-corrected chi connectivity index (χ4v) is 1.12. The smallest absolute Gasteiger partial charge is 0.404 e. The molecule has 1 rings (SSSR count). The van der Waals surface area contributed by atoms with Crippen molar-refractivity contribution in [2.45, 2.75) is 19.3 Å². The maximum absolute atomic E-state index is 12.1. The number of hydrogen-bond acceptors (Lipinski definition) is 3. The largest absolute Gasteiger partial charge is 0.573 e. The van der Waals surface area contributed by atoms with Crippen LogP contribution in [-0.2, 0) is 0 Å². The number of nitrogens with two attached hydrogens (primary N) is 1. The highest BCUT2D eigenvalue weighted by Crippen LogP contribution is 2.30. The van der Waals surface area contributed by atoms with Crippen molar-refractivity contribution in [3.8, 4) is 5.75 Å². The third-order valence-corrected chi connectivity index (χ3v) is 1.87. The highest BCUT2D eigenvalue weighted by Gasteiger charge is 2.32. The van der Waals surface area contributed by atoms with Gasteiger partial charge >= 0.3 is 6.36 Å². The Hall–Kier alpha value is -1.43. The molecule has 0 amide bonds.